The molecule has 0 fully saturated rings. The molecule has 3 heterocycles. The van der Waals surface area contributed by atoms with E-state index in [1.54, 1.807) is 45.7 Å². The predicted octanol–water partition coefficient (Wildman–Crippen LogP) is 1.51. The number of anilines is 1. The Kier molecular flexibility index (Phi) is 4.24. The molecule has 0 spiro atoms. The molecular weight excluding hydrogens is 328 g/mol. The first-order chi connectivity index (χ1) is 10.2. The maximum absolute atomic E-state index is 5.52. The molecule has 3 rings (SSSR count). The van der Waals surface area contributed by atoms with Crippen LogP contribution in [0.15, 0.2) is 14.9 Å². The molecule has 0 radical (unpaired) electrons. The summed E-state index contributed by atoms with van der Waals surface area (Å²) >= 11 is 4.70. The zero-order valence-corrected chi connectivity index (χ0v) is 13.7. The van der Waals surface area contributed by atoms with Crippen LogP contribution in [-0.2, 0) is 12.8 Å². The van der Waals surface area contributed by atoms with E-state index < -0.39 is 0 Å². The molecule has 11 heteroatoms. The van der Waals surface area contributed by atoms with E-state index in [4.69, 9.17) is 5.84 Å². The summed E-state index contributed by atoms with van der Waals surface area (Å²) in [5, 5.41) is 13.1. The third-order valence-electron chi connectivity index (χ3n) is 2.66. The smallest absolute Gasteiger partial charge is 0.175 e. The Balaban J connectivity index is 1.84. The molecule has 0 atom stereocenters. The molecule has 0 bridgehead atoms. The third-order valence-corrected chi connectivity index (χ3v) is 5.69. The van der Waals surface area contributed by atoms with E-state index in [1.807, 2.05) is 13.3 Å². The predicted molar refractivity (Wildman–Crippen MR) is 85.4 cm³/mol. The number of hydrazine groups is 1. The lowest BCUT2D eigenvalue weighted by Crippen LogP contribution is -2.11. The minimum Gasteiger partial charge on any atom is -0.308 e. The Bertz CT molecular complexity index is 767. The van der Waals surface area contributed by atoms with Gasteiger partial charge in [0.25, 0.3) is 0 Å². The summed E-state index contributed by atoms with van der Waals surface area (Å²) < 4.78 is 3.54. The standard InChI is InChI=1S/C10H12N8S3/c1-18-8-5(3-12-18)7(15-11)13-6(14-8)4-20-10-17-16-9(19-2)21-10/h3H,4,11H2,1-2H3,(H,13,14,15). The van der Waals surface area contributed by atoms with Crippen LogP contribution in [0.2, 0.25) is 0 Å². The maximum atomic E-state index is 5.52. The number of nitrogens with zero attached hydrogens (tertiary/aromatic N) is 6. The highest BCUT2D eigenvalue weighted by Gasteiger charge is 2.12. The van der Waals surface area contributed by atoms with Crippen molar-refractivity contribution in [1.29, 1.82) is 0 Å². The lowest BCUT2D eigenvalue weighted by Gasteiger charge is -2.04. The van der Waals surface area contributed by atoms with Crippen LogP contribution in [0.25, 0.3) is 11.0 Å². The van der Waals surface area contributed by atoms with Crippen molar-refractivity contribution in [3.8, 4) is 0 Å². The fraction of sp³-hybridized carbons (Fsp3) is 0.300. The van der Waals surface area contributed by atoms with Crippen LogP contribution in [0.4, 0.5) is 5.82 Å². The molecule has 0 aliphatic carbocycles. The van der Waals surface area contributed by atoms with Crippen molar-refractivity contribution >= 4 is 51.7 Å². The highest BCUT2D eigenvalue weighted by molar-refractivity contribution is 8.02. The van der Waals surface area contributed by atoms with Gasteiger partial charge in [0.15, 0.2) is 20.1 Å². The summed E-state index contributed by atoms with van der Waals surface area (Å²) in [7, 11) is 1.84. The van der Waals surface area contributed by atoms with Crippen molar-refractivity contribution in [3.05, 3.63) is 12.0 Å². The van der Waals surface area contributed by atoms with Crippen LogP contribution in [0, 0.1) is 0 Å². The fourth-order valence-corrected chi connectivity index (χ4v) is 4.00. The van der Waals surface area contributed by atoms with E-state index in [0.29, 0.717) is 17.4 Å². The molecule has 3 N–H and O–H groups in total. The van der Waals surface area contributed by atoms with Gasteiger partial charge < -0.3 is 5.43 Å². The topological polar surface area (TPSA) is 107 Å². The minimum absolute atomic E-state index is 0.575. The fourth-order valence-electron chi connectivity index (χ4n) is 1.71. The Morgan fingerprint density at radius 2 is 2.14 bits per heavy atom. The lowest BCUT2D eigenvalue weighted by atomic mass is 10.4. The number of rotatable bonds is 5. The van der Waals surface area contributed by atoms with Gasteiger partial charge >= 0.3 is 0 Å². The highest BCUT2D eigenvalue weighted by Crippen LogP contribution is 2.29. The van der Waals surface area contributed by atoms with Gasteiger partial charge in [-0.05, 0) is 6.26 Å². The van der Waals surface area contributed by atoms with E-state index >= 15 is 0 Å². The highest BCUT2D eigenvalue weighted by atomic mass is 32.2. The van der Waals surface area contributed by atoms with Crippen LogP contribution in [-0.4, -0.2) is 36.2 Å². The normalized spacial score (nSPS) is 11.2. The van der Waals surface area contributed by atoms with Gasteiger partial charge in [0, 0.05) is 7.05 Å². The van der Waals surface area contributed by atoms with Crippen LogP contribution in [0.3, 0.4) is 0 Å². The summed E-state index contributed by atoms with van der Waals surface area (Å²) in [6.07, 6.45) is 3.67. The SMILES string of the molecule is CSc1nnc(SCc2nc(NN)c3cnn(C)c3n2)s1. The van der Waals surface area contributed by atoms with E-state index in [-0.39, 0.29) is 0 Å². The van der Waals surface area contributed by atoms with Gasteiger partial charge in [-0.3, -0.25) is 4.68 Å². The third kappa shape index (κ3) is 2.95. The first-order valence-corrected chi connectivity index (χ1v) is 8.89. The van der Waals surface area contributed by atoms with Crippen LogP contribution < -0.4 is 11.3 Å². The van der Waals surface area contributed by atoms with Crippen molar-refractivity contribution in [2.75, 3.05) is 11.7 Å². The van der Waals surface area contributed by atoms with Gasteiger partial charge in [-0.15, -0.1) is 10.2 Å². The van der Waals surface area contributed by atoms with Gasteiger partial charge in [-0.1, -0.05) is 34.9 Å². The summed E-state index contributed by atoms with van der Waals surface area (Å²) in [5.41, 5.74) is 3.34. The molecule has 3 aromatic heterocycles. The molecule has 0 aliphatic heterocycles. The van der Waals surface area contributed by atoms with Crippen LogP contribution >= 0.6 is 34.9 Å². The molecule has 0 aliphatic rings. The van der Waals surface area contributed by atoms with Gasteiger partial charge in [-0.2, -0.15) is 5.10 Å². The molecule has 0 amide bonds. The second-order valence-corrected chi connectivity index (χ2v) is 7.22. The van der Waals surface area contributed by atoms with Crippen LogP contribution in [0.1, 0.15) is 5.82 Å². The molecule has 0 unspecified atom stereocenters. The van der Waals surface area contributed by atoms with Crippen molar-refractivity contribution in [1.82, 2.24) is 29.9 Å². The Morgan fingerprint density at radius 1 is 1.33 bits per heavy atom. The van der Waals surface area contributed by atoms with Crippen molar-refractivity contribution < 1.29 is 0 Å². The zero-order valence-electron chi connectivity index (χ0n) is 11.3. The number of nitrogens with two attached hydrogens (primary N) is 1. The van der Waals surface area contributed by atoms with Crippen molar-refractivity contribution in [2.24, 2.45) is 12.9 Å². The van der Waals surface area contributed by atoms with Crippen molar-refractivity contribution in [3.63, 3.8) is 0 Å². The zero-order chi connectivity index (χ0) is 14.8. The molecular formula is C10H12N8S3. The van der Waals surface area contributed by atoms with Crippen LogP contribution in [0.5, 0.6) is 0 Å². The number of aromatic nitrogens is 6. The largest absolute Gasteiger partial charge is 0.308 e. The van der Waals surface area contributed by atoms with Gasteiger partial charge in [0.2, 0.25) is 0 Å². The first kappa shape index (κ1) is 14.5. The number of thioether (sulfide) groups is 2. The molecule has 110 valence electrons. The Labute approximate surface area is 132 Å². The quantitative estimate of drug-likeness (QED) is 0.406. The number of aryl methyl sites for hydroxylation is 1. The Hall–Kier alpha value is -1.43. The average Bonchev–Trinajstić information content (AvgIpc) is 3.11. The summed E-state index contributed by atoms with van der Waals surface area (Å²) in [6.45, 7) is 0. The Morgan fingerprint density at radius 3 is 2.86 bits per heavy atom. The first-order valence-electron chi connectivity index (χ1n) is 5.86. The molecule has 3 aromatic rings. The molecule has 0 saturated carbocycles. The van der Waals surface area contributed by atoms with Gasteiger partial charge in [0.05, 0.1) is 17.3 Å². The number of hydrogen-bond donors (Lipinski definition) is 2. The number of nitrogen functional groups attached to an aromatic ring is 1. The molecule has 21 heavy (non-hydrogen) atoms. The van der Waals surface area contributed by atoms with E-state index in [9.17, 15) is 0 Å². The number of hydrogen-bond acceptors (Lipinski definition) is 10. The summed E-state index contributed by atoms with van der Waals surface area (Å²) in [4.78, 5) is 8.91. The van der Waals surface area contributed by atoms with Gasteiger partial charge in [0.1, 0.15) is 5.82 Å². The number of fused-ring (bicyclic) bond motifs is 1. The molecule has 0 saturated heterocycles. The molecule has 0 aromatic carbocycles. The summed E-state index contributed by atoms with van der Waals surface area (Å²) in [5.74, 6) is 7.36. The second-order valence-electron chi connectivity index (χ2n) is 3.96. The second kappa shape index (κ2) is 6.13. The van der Waals surface area contributed by atoms with Crippen molar-refractivity contribution in [2.45, 2.75) is 14.4 Å². The average molecular weight is 340 g/mol. The number of nitrogens with one attached hydrogen (secondary N) is 1. The summed E-state index contributed by atoms with van der Waals surface area (Å²) in [6, 6.07) is 0. The van der Waals surface area contributed by atoms with E-state index in [1.165, 1.54) is 0 Å². The van der Waals surface area contributed by atoms with E-state index in [0.717, 1.165) is 19.7 Å². The maximum Gasteiger partial charge on any atom is 0.175 e. The lowest BCUT2D eigenvalue weighted by molar-refractivity contribution is 0.782. The monoisotopic (exact) mass is 340 g/mol. The van der Waals surface area contributed by atoms with E-state index in [2.05, 4.69) is 30.7 Å². The minimum atomic E-state index is 0.575. The van der Waals surface area contributed by atoms with Gasteiger partial charge in [-0.25, -0.2) is 15.8 Å². The molecule has 8 nitrogen and oxygen atoms in total.